The first-order chi connectivity index (χ1) is 36.1. The van der Waals surface area contributed by atoms with Crippen molar-refractivity contribution < 1.29 is 64.6 Å². The second-order valence-electron chi connectivity index (χ2n) is 22.2. The van der Waals surface area contributed by atoms with Crippen molar-refractivity contribution >= 4 is 5.91 Å². The lowest BCUT2D eigenvalue weighted by Crippen LogP contribution is -2.65. The van der Waals surface area contributed by atoms with Crippen LogP contribution < -0.4 is 5.32 Å². The summed E-state index contributed by atoms with van der Waals surface area (Å²) in [4.78, 5) is 13.2. The standard InChI is InChI=1S/C60H115NO13/c1-3-5-7-9-11-13-15-16-17-18-19-20-21-22-23-24-25-26-27-28-29-30-31-32-34-35-37-39-41-43-49(64)48(61-52(65)44-42-40-38-36-33-14-12-10-8-6-4-2)47-71-59-57(70)55(68)58(51(46-63)73-59)74-60-56(69)54(67)53(66)50(45-62)72-60/h41,43,48-51,53-60,62-64,66-70H,3-40,42,44-47H2,1-2H3,(H,61,65)/b43-41+. The molecule has 2 aliphatic rings. The minimum atomic E-state index is -1.78. The summed E-state index contributed by atoms with van der Waals surface area (Å²) in [5.74, 6) is -0.237. The first-order valence-corrected chi connectivity index (χ1v) is 30.9. The van der Waals surface area contributed by atoms with Crippen LogP contribution in [0.25, 0.3) is 0 Å². The third-order valence-electron chi connectivity index (χ3n) is 15.5. The Morgan fingerprint density at radius 2 is 0.838 bits per heavy atom. The molecule has 0 radical (unpaired) electrons. The van der Waals surface area contributed by atoms with Gasteiger partial charge in [-0.1, -0.05) is 257 Å². The fourth-order valence-electron chi connectivity index (χ4n) is 10.5. The average Bonchev–Trinajstić information content (AvgIpc) is 3.40. The lowest BCUT2D eigenvalue weighted by Gasteiger charge is -2.46. The van der Waals surface area contributed by atoms with Gasteiger partial charge in [0, 0.05) is 6.42 Å². The zero-order valence-corrected chi connectivity index (χ0v) is 47.1. The third kappa shape index (κ3) is 32.0. The van der Waals surface area contributed by atoms with Crippen molar-refractivity contribution in [3.63, 3.8) is 0 Å². The van der Waals surface area contributed by atoms with E-state index >= 15 is 0 Å². The highest BCUT2D eigenvalue weighted by atomic mass is 16.7. The molecule has 0 aromatic carbocycles. The van der Waals surface area contributed by atoms with Crippen molar-refractivity contribution in [3.8, 4) is 0 Å². The van der Waals surface area contributed by atoms with E-state index in [1.165, 1.54) is 205 Å². The van der Waals surface area contributed by atoms with Crippen LogP contribution in [0.5, 0.6) is 0 Å². The molecule has 14 heteroatoms. The summed E-state index contributed by atoms with van der Waals surface area (Å²) in [6.45, 7) is 2.81. The molecule has 2 heterocycles. The molecular formula is C60H115NO13. The van der Waals surface area contributed by atoms with Gasteiger partial charge in [0.2, 0.25) is 5.91 Å². The van der Waals surface area contributed by atoms with E-state index in [1.807, 2.05) is 6.08 Å². The molecule has 2 fully saturated rings. The van der Waals surface area contributed by atoms with Crippen molar-refractivity contribution in [1.29, 1.82) is 0 Å². The summed E-state index contributed by atoms with van der Waals surface area (Å²) in [7, 11) is 0. The predicted molar refractivity (Wildman–Crippen MR) is 295 cm³/mol. The number of hydrogen-bond donors (Lipinski definition) is 9. The Kier molecular flexibility index (Phi) is 43.4. The molecule has 2 aliphatic heterocycles. The highest BCUT2D eigenvalue weighted by molar-refractivity contribution is 5.76. The lowest BCUT2D eigenvalue weighted by molar-refractivity contribution is -0.359. The van der Waals surface area contributed by atoms with Gasteiger partial charge in [-0.3, -0.25) is 4.79 Å². The summed E-state index contributed by atoms with van der Waals surface area (Å²) in [5.41, 5.74) is 0. The number of nitrogens with one attached hydrogen (secondary N) is 1. The van der Waals surface area contributed by atoms with Gasteiger partial charge in [0.1, 0.15) is 48.8 Å². The molecule has 74 heavy (non-hydrogen) atoms. The van der Waals surface area contributed by atoms with Crippen molar-refractivity contribution in [1.82, 2.24) is 5.32 Å². The molecule has 0 aromatic heterocycles. The Morgan fingerprint density at radius 3 is 1.24 bits per heavy atom. The quantitative estimate of drug-likeness (QED) is 0.0204. The maximum Gasteiger partial charge on any atom is 0.220 e. The van der Waals surface area contributed by atoms with E-state index < -0.39 is 86.8 Å². The van der Waals surface area contributed by atoms with Crippen LogP contribution in [0, 0.1) is 0 Å². The molecule has 438 valence electrons. The Morgan fingerprint density at radius 1 is 0.473 bits per heavy atom. The molecule has 0 aromatic rings. The van der Waals surface area contributed by atoms with Gasteiger partial charge in [0.25, 0.3) is 0 Å². The van der Waals surface area contributed by atoms with Crippen molar-refractivity contribution in [2.75, 3.05) is 19.8 Å². The molecule has 14 nitrogen and oxygen atoms in total. The lowest BCUT2D eigenvalue weighted by atomic mass is 9.97. The van der Waals surface area contributed by atoms with Crippen LogP contribution in [-0.4, -0.2) is 140 Å². The molecule has 0 bridgehead atoms. The fourth-order valence-corrected chi connectivity index (χ4v) is 10.5. The molecule has 0 aliphatic carbocycles. The highest BCUT2D eigenvalue weighted by Gasteiger charge is 2.51. The molecule has 2 saturated heterocycles. The monoisotopic (exact) mass is 1060 g/mol. The number of amides is 1. The zero-order valence-electron chi connectivity index (χ0n) is 47.1. The number of allylic oxidation sites excluding steroid dienone is 1. The van der Waals surface area contributed by atoms with Crippen LogP contribution in [0.1, 0.15) is 271 Å². The Labute approximate surface area is 450 Å². The summed E-state index contributed by atoms with van der Waals surface area (Å²) in [6.07, 6.45) is 37.1. The van der Waals surface area contributed by atoms with Gasteiger partial charge in [0.05, 0.1) is 32.0 Å². The van der Waals surface area contributed by atoms with E-state index in [2.05, 4.69) is 19.2 Å². The number of aliphatic hydroxyl groups is 8. The smallest absolute Gasteiger partial charge is 0.220 e. The second-order valence-corrected chi connectivity index (χ2v) is 22.2. The summed E-state index contributed by atoms with van der Waals surface area (Å²) < 4.78 is 22.8. The number of aliphatic hydroxyl groups excluding tert-OH is 8. The van der Waals surface area contributed by atoms with Crippen LogP contribution in [0.3, 0.4) is 0 Å². The summed E-state index contributed by atoms with van der Waals surface area (Å²) in [5, 5.41) is 87.0. The van der Waals surface area contributed by atoms with Crippen LogP contribution >= 0.6 is 0 Å². The van der Waals surface area contributed by atoms with Crippen molar-refractivity contribution in [2.45, 2.75) is 344 Å². The molecule has 12 atom stereocenters. The average molecular weight is 1060 g/mol. The number of hydrogen-bond acceptors (Lipinski definition) is 13. The van der Waals surface area contributed by atoms with Gasteiger partial charge < -0.3 is 65.1 Å². The fraction of sp³-hybridized carbons (Fsp3) is 0.950. The normalized spacial score (nSPS) is 25.2. The summed E-state index contributed by atoms with van der Waals surface area (Å²) in [6, 6.07) is -0.908. The molecule has 12 unspecified atom stereocenters. The Bertz CT molecular complexity index is 1290. The number of carbonyl (C=O) groups is 1. The minimum Gasteiger partial charge on any atom is -0.394 e. The third-order valence-corrected chi connectivity index (χ3v) is 15.5. The first-order valence-electron chi connectivity index (χ1n) is 30.9. The molecule has 0 saturated carbocycles. The SMILES string of the molecule is CCCCCCCCCCCCCCCCCCCCCCCCCCCCC/C=C/C(O)C(COC1OC(CO)C(OC2OC(CO)C(O)C(O)C2O)C(O)C1O)NC(=O)CCCCCCCCCCCCC. The molecule has 2 rings (SSSR count). The maximum absolute atomic E-state index is 13.2. The van der Waals surface area contributed by atoms with Gasteiger partial charge >= 0.3 is 0 Å². The van der Waals surface area contributed by atoms with E-state index in [0.717, 1.165) is 38.5 Å². The van der Waals surface area contributed by atoms with Crippen molar-refractivity contribution in [3.05, 3.63) is 12.2 Å². The van der Waals surface area contributed by atoms with Gasteiger partial charge in [-0.15, -0.1) is 0 Å². The second kappa shape index (κ2) is 46.6. The van der Waals surface area contributed by atoms with E-state index in [1.54, 1.807) is 6.08 Å². The van der Waals surface area contributed by atoms with Crippen LogP contribution in [-0.2, 0) is 23.7 Å². The molecule has 9 N–H and O–H groups in total. The maximum atomic E-state index is 13.2. The van der Waals surface area contributed by atoms with Gasteiger partial charge in [-0.2, -0.15) is 0 Å². The van der Waals surface area contributed by atoms with Gasteiger partial charge in [0.15, 0.2) is 12.6 Å². The van der Waals surface area contributed by atoms with Gasteiger partial charge in [-0.25, -0.2) is 0 Å². The Hall–Kier alpha value is -1.27. The van der Waals surface area contributed by atoms with Crippen LogP contribution in [0.4, 0.5) is 0 Å². The molecule has 0 spiro atoms. The predicted octanol–water partition coefficient (Wildman–Crippen LogP) is 10.7. The van der Waals surface area contributed by atoms with E-state index in [4.69, 9.17) is 18.9 Å². The number of rotatable bonds is 50. The van der Waals surface area contributed by atoms with E-state index in [-0.39, 0.29) is 18.9 Å². The number of ether oxygens (including phenoxy) is 4. The number of carbonyl (C=O) groups excluding carboxylic acids is 1. The van der Waals surface area contributed by atoms with Crippen LogP contribution in [0.2, 0.25) is 0 Å². The van der Waals surface area contributed by atoms with E-state index in [9.17, 15) is 45.6 Å². The molecular weight excluding hydrogens is 943 g/mol. The van der Waals surface area contributed by atoms with E-state index in [0.29, 0.717) is 6.42 Å². The molecule has 1 amide bonds. The van der Waals surface area contributed by atoms with Gasteiger partial charge in [-0.05, 0) is 19.3 Å². The first kappa shape index (κ1) is 68.8. The Balaban J connectivity index is 1.67. The highest BCUT2D eigenvalue weighted by Crippen LogP contribution is 2.30. The number of unbranched alkanes of at least 4 members (excludes halogenated alkanes) is 37. The minimum absolute atomic E-state index is 0.237. The zero-order chi connectivity index (χ0) is 53.9. The summed E-state index contributed by atoms with van der Waals surface area (Å²) >= 11 is 0. The topological polar surface area (TPSA) is 228 Å². The van der Waals surface area contributed by atoms with Crippen molar-refractivity contribution in [2.24, 2.45) is 0 Å². The largest absolute Gasteiger partial charge is 0.394 e. The van der Waals surface area contributed by atoms with Crippen LogP contribution in [0.15, 0.2) is 12.2 Å².